The van der Waals surface area contributed by atoms with E-state index in [-0.39, 0.29) is 21.6 Å². The van der Waals surface area contributed by atoms with Gasteiger partial charge in [-0.3, -0.25) is 9.89 Å². The predicted molar refractivity (Wildman–Crippen MR) is 69.7 cm³/mol. The number of ether oxygens (including phenoxy) is 1. The summed E-state index contributed by atoms with van der Waals surface area (Å²) in [6.07, 6.45) is -4.88. The highest BCUT2D eigenvalue weighted by atomic mass is 35.5. The Labute approximate surface area is 126 Å². The van der Waals surface area contributed by atoms with Gasteiger partial charge < -0.3 is 10.1 Å². The molecule has 0 radical (unpaired) electrons. The normalized spacial score (nSPS) is 11.3. The molecule has 0 fully saturated rings. The van der Waals surface area contributed by atoms with Crippen LogP contribution in [0.2, 0.25) is 10.2 Å². The van der Waals surface area contributed by atoms with Gasteiger partial charge in [-0.1, -0.05) is 35.3 Å². The molecule has 112 valence electrons. The second-order valence-electron chi connectivity index (χ2n) is 3.70. The van der Waals surface area contributed by atoms with E-state index in [1.165, 1.54) is 18.2 Å². The smallest absolute Gasteiger partial charge is 0.404 e. The lowest BCUT2D eigenvalue weighted by Gasteiger charge is -2.13. The topological polar surface area (TPSA) is 67.0 Å². The van der Waals surface area contributed by atoms with E-state index in [2.05, 4.69) is 20.3 Å². The second kappa shape index (κ2) is 5.82. The fraction of sp³-hybridized carbons (Fsp3) is 0.0909. The number of aromatic amines is 1. The van der Waals surface area contributed by atoms with Crippen LogP contribution in [0, 0.1) is 0 Å². The van der Waals surface area contributed by atoms with E-state index in [1.807, 2.05) is 0 Å². The van der Waals surface area contributed by atoms with Crippen molar-refractivity contribution in [2.45, 2.75) is 6.36 Å². The summed E-state index contributed by atoms with van der Waals surface area (Å²) in [5.74, 6) is -1.39. The average molecular weight is 340 g/mol. The molecule has 1 amide bonds. The lowest BCUT2D eigenvalue weighted by atomic mass is 10.3. The molecule has 2 N–H and O–H groups in total. The Morgan fingerprint density at radius 1 is 1.29 bits per heavy atom. The first-order chi connectivity index (χ1) is 9.78. The molecule has 2 aromatic rings. The molecule has 21 heavy (non-hydrogen) atoms. The van der Waals surface area contributed by atoms with E-state index in [0.717, 1.165) is 6.07 Å². The minimum Gasteiger partial charge on any atom is -0.404 e. The summed E-state index contributed by atoms with van der Waals surface area (Å²) in [7, 11) is 0. The number of nitrogens with zero attached hydrogens (tertiary/aromatic N) is 1. The zero-order valence-electron chi connectivity index (χ0n) is 9.96. The number of H-pyrrole nitrogens is 1. The maximum Gasteiger partial charge on any atom is 0.573 e. The molecule has 0 aliphatic heterocycles. The van der Waals surface area contributed by atoms with Gasteiger partial charge in [0.2, 0.25) is 0 Å². The number of hydrogen-bond acceptors (Lipinski definition) is 3. The fourth-order valence-corrected chi connectivity index (χ4v) is 1.72. The number of anilines is 1. The van der Waals surface area contributed by atoms with Crippen LogP contribution in [-0.2, 0) is 0 Å². The minimum absolute atomic E-state index is 0.0540. The summed E-state index contributed by atoms with van der Waals surface area (Å²) < 4.78 is 40.6. The summed E-state index contributed by atoms with van der Waals surface area (Å²) in [4.78, 5) is 11.9. The van der Waals surface area contributed by atoms with Gasteiger partial charge in [0.05, 0.1) is 5.69 Å². The number of nitrogens with one attached hydrogen (secondary N) is 2. The van der Waals surface area contributed by atoms with Gasteiger partial charge in [0.15, 0.2) is 11.4 Å². The molecular weight excluding hydrogens is 334 g/mol. The van der Waals surface area contributed by atoms with E-state index < -0.39 is 18.0 Å². The first-order valence-electron chi connectivity index (χ1n) is 5.33. The molecule has 1 aromatic heterocycles. The van der Waals surface area contributed by atoms with E-state index in [4.69, 9.17) is 23.2 Å². The molecule has 5 nitrogen and oxygen atoms in total. The summed E-state index contributed by atoms with van der Waals surface area (Å²) in [6, 6.07) is 5.05. The number of hydrogen-bond donors (Lipinski definition) is 2. The Kier molecular flexibility index (Phi) is 4.29. The average Bonchev–Trinajstić information content (AvgIpc) is 2.71. The molecule has 1 aromatic carbocycles. The van der Waals surface area contributed by atoms with Gasteiger partial charge in [-0.2, -0.15) is 5.10 Å². The first-order valence-corrected chi connectivity index (χ1v) is 6.09. The highest BCUT2D eigenvalue weighted by Crippen LogP contribution is 2.31. The van der Waals surface area contributed by atoms with E-state index >= 15 is 0 Å². The van der Waals surface area contributed by atoms with Crippen LogP contribution in [0.15, 0.2) is 24.3 Å². The largest absolute Gasteiger partial charge is 0.573 e. The third kappa shape index (κ3) is 3.79. The van der Waals surface area contributed by atoms with Crippen LogP contribution in [0.3, 0.4) is 0 Å². The Morgan fingerprint density at radius 2 is 1.95 bits per heavy atom. The third-order valence-corrected chi connectivity index (χ3v) is 2.98. The van der Waals surface area contributed by atoms with Crippen molar-refractivity contribution in [1.82, 2.24) is 10.2 Å². The predicted octanol–water partition coefficient (Wildman–Crippen LogP) is 3.87. The second-order valence-corrected chi connectivity index (χ2v) is 4.45. The number of benzene rings is 1. The highest BCUT2D eigenvalue weighted by Gasteiger charge is 2.32. The number of aromatic nitrogens is 2. The van der Waals surface area contributed by atoms with Crippen molar-refractivity contribution in [3.63, 3.8) is 0 Å². The molecule has 0 saturated heterocycles. The number of carbonyl (C=O) groups is 1. The van der Waals surface area contributed by atoms with Crippen LogP contribution in [-0.4, -0.2) is 22.5 Å². The van der Waals surface area contributed by atoms with Crippen molar-refractivity contribution >= 4 is 34.8 Å². The summed E-state index contributed by atoms with van der Waals surface area (Å²) in [6.45, 7) is 0. The van der Waals surface area contributed by atoms with E-state index in [0.29, 0.717) is 0 Å². The summed E-state index contributed by atoms with van der Waals surface area (Å²) >= 11 is 11.3. The van der Waals surface area contributed by atoms with Crippen LogP contribution in [0.4, 0.5) is 18.9 Å². The maximum absolute atomic E-state index is 12.3. The standard InChI is InChI=1S/C11H6Cl2F3N3O2/c12-7-8(18-19-9(7)13)10(20)17-5-3-1-2-4-6(5)21-11(14,15)16/h1-4H,(H,17,20)(H,18,19). The summed E-state index contributed by atoms with van der Waals surface area (Å²) in [5, 5.41) is 7.84. The van der Waals surface area contributed by atoms with E-state index in [1.54, 1.807) is 0 Å². The highest BCUT2D eigenvalue weighted by molar-refractivity contribution is 6.43. The number of amides is 1. The molecule has 0 aliphatic rings. The summed E-state index contributed by atoms with van der Waals surface area (Å²) in [5.41, 5.74) is -0.432. The van der Waals surface area contributed by atoms with Crippen LogP contribution in [0.1, 0.15) is 10.5 Å². The Bertz CT molecular complexity index is 673. The zero-order valence-corrected chi connectivity index (χ0v) is 11.5. The molecule has 10 heteroatoms. The minimum atomic E-state index is -4.88. The molecule has 0 aliphatic carbocycles. The number of rotatable bonds is 3. The van der Waals surface area contributed by atoms with Crippen LogP contribution in [0.25, 0.3) is 0 Å². The van der Waals surface area contributed by atoms with Crippen molar-refractivity contribution in [1.29, 1.82) is 0 Å². The van der Waals surface area contributed by atoms with Gasteiger partial charge in [-0.15, -0.1) is 13.2 Å². The van der Waals surface area contributed by atoms with Crippen molar-refractivity contribution in [2.75, 3.05) is 5.32 Å². The van der Waals surface area contributed by atoms with Gasteiger partial charge in [0, 0.05) is 0 Å². The molecule has 0 saturated carbocycles. The van der Waals surface area contributed by atoms with Crippen LogP contribution in [0.5, 0.6) is 5.75 Å². The van der Waals surface area contributed by atoms with Gasteiger partial charge in [-0.25, -0.2) is 0 Å². The number of alkyl halides is 3. The van der Waals surface area contributed by atoms with E-state index in [9.17, 15) is 18.0 Å². The lowest BCUT2D eigenvalue weighted by molar-refractivity contribution is -0.274. The number of carbonyl (C=O) groups excluding carboxylic acids is 1. The molecule has 0 bridgehead atoms. The number of para-hydroxylation sites is 2. The molecule has 0 spiro atoms. The van der Waals surface area contributed by atoms with Crippen molar-refractivity contribution in [2.24, 2.45) is 0 Å². The lowest BCUT2D eigenvalue weighted by Crippen LogP contribution is -2.19. The van der Waals surface area contributed by atoms with Crippen LogP contribution < -0.4 is 10.1 Å². The monoisotopic (exact) mass is 339 g/mol. The van der Waals surface area contributed by atoms with Gasteiger partial charge in [0.1, 0.15) is 10.2 Å². The fourth-order valence-electron chi connectivity index (χ4n) is 1.42. The molecule has 1 heterocycles. The first kappa shape index (κ1) is 15.5. The van der Waals surface area contributed by atoms with Crippen molar-refractivity contribution in [3.05, 3.63) is 40.1 Å². The maximum atomic E-state index is 12.3. The molecule has 2 rings (SSSR count). The van der Waals surface area contributed by atoms with Crippen LogP contribution >= 0.6 is 23.2 Å². The molecule has 0 atom stereocenters. The third-order valence-electron chi connectivity index (χ3n) is 2.24. The van der Waals surface area contributed by atoms with Gasteiger partial charge >= 0.3 is 6.36 Å². The Balaban J connectivity index is 2.24. The molecular formula is C11H6Cl2F3N3O2. The number of halogens is 5. The van der Waals surface area contributed by atoms with Crippen molar-refractivity contribution in [3.8, 4) is 5.75 Å². The zero-order chi connectivity index (χ0) is 15.6. The quantitative estimate of drug-likeness (QED) is 0.891. The SMILES string of the molecule is O=C(Nc1ccccc1OC(F)(F)F)c1n[nH]c(Cl)c1Cl. The van der Waals surface area contributed by atoms with Crippen molar-refractivity contribution < 1.29 is 22.7 Å². The van der Waals surface area contributed by atoms with Gasteiger partial charge in [0.25, 0.3) is 5.91 Å². The molecule has 0 unspecified atom stereocenters. The Hall–Kier alpha value is -1.93. The van der Waals surface area contributed by atoms with Gasteiger partial charge in [-0.05, 0) is 12.1 Å². The Morgan fingerprint density at radius 3 is 2.52 bits per heavy atom.